The third kappa shape index (κ3) is 5.37. The van der Waals surface area contributed by atoms with Crippen molar-refractivity contribution in [3.63, 3.8) is 0 Å². The fraction of sp³-hybridized carbons (Fsp3) is 0.500. The van der Waals surface area contributed by atoms with Crippen LogP contribution in [-0.4, -0.2) is 12.6 Å². The maximum Gasteiger partial charge on any atom is 0.126 e. The molecule has 1 unspecified atom stereocenters. The molecule has 0 bridgehead atoms. The summed E-state index contributed by atoms with van der Waals surface area (Å²) in [6, 6.07) is 4.37. The highest BCUT2D eigenvalue weighted by atomic mass is 79.9. The van der Waals surface area contributed by atoms with E-state index in [1.807, 2.05) is 0 Å². The lowest BCUT2D eigenvalue weighted by atomic mass is 10.0. The van der Waals surface area contributed by atoms with E-state index in [2.05, 4.69) is 61.8 Å². The number of nitrogens with two attached hydrogens (primary N) is 1. The molecular weight excluding hydrogens is 302 g/mol. The lowest BCUT2D eigenvalue weighted by Crippen LogP contribution is -2.22. The van der Waals surface area contributed by atoms with Crippen molar-refractivity contribution in [1.82, 2.24) is 0 Å². The predicted octanol–water partition coefficient (Wildman–Crippen LogP) is 4.38. The van der Waals surface area contributed by atoms with Gasteiger partial charge in [-0.1, -0.05) is 28.4 Å². The van der Waals surface area contributed by atoms with Crippen LogP contribution in [0.3, 0.4) is 0 Å². The Bertz CT molecular complexity index is 450. The van der Waals surface area contributed by atoms with Gasteiger partial charge in [-0.05, 0) is 62.9 Å². The molecule has 0 saturated carbocycles. The van der Waals surface area contributed by atoms with Gasteiger partial charge in [0.15, 0.2) is 0 Å². The van der Waals surface area contributed by atoms with Crippen LogP contribution in [0.2, 0.25) is 0 Å². The van der Waals surface area contributed by atoms with Crippen LogP contribution in [0.5, 0.6) is 5.75 Å². The minimum atomic E-state index is 0.180. The lowest BCUT2D eigenvalue weighted by Gasteiger charge is -2.16. The van der Waals surface area contributed by atoms with E-state index in [4.69, 9.17) is 10.5 Å². The summed E-state index contributed by atoms with van der Waals surface area (Å²) >= 11 is 3.54. The first-order valence-electron chi connectivity index (χ1n) is 6.74. The van der Waals surface area contributed by atoms with Gasteiger partial charge >= 0.3 is 0 Å². The Morgan fingerprint density at radius 1 is 1.42 bits per heavy atom. The molecule has 1 atom stereocenters. The van der Waals surface area contributed by atoms with Crippen molar-refractivity contribution in [3.05, 3.63) is 39.4 Å². The van der Waals surface area contributed by atoms with Crippen molar-refractivity contribution in [2.45, 2.75) is 46.6 Å². The van der Waals surface area contributed by atoms with Crippen LogP contribution in [0.1, 0.15) is 38.3 Å². The number of ether oxygens (including phenoxy) is 1. The minimum Gasteiger partial charge on any atom is -0.489 e. The van der Waals surface area contributed by atoms with Crippen LogP contribution in [0, 0.1) is 6.92 Å². The van der Waals surface area contributed by atoms with E-state index in [-0.39, 0.29) is 6.04 Å². The number of hydrogen-bond acceptors (Lipinski definition) is 2. The number of rotatable bonds is 6. The van der Waals surface area contributed by atoms with Crippen molar-refractivity contribution in [2.24, 2.45) is 5.73 Å². The van der Waals surface area contributed by atoms with E-state index in [0.717, 1.165) is 28.6 Å². The van der Waals surface area contributed by atoms with Gasteiger partial charge < -0.3 is 10.5 Å². The number of aryl methyl sites for hydroxylation is 1. The second-order valence-electron chi connectivity index (χ2n) is 5.18. The molecule has 0 fully saturated rings. The molecule has 2 N–H and O–H groups in total. The van der Waals surface area contributed by atoms with Crippen LogP contribution in [0.15, 0.2) is 28.3 Å². The molecule has 19 heavy (non-hydrogen) atoms. The molecule has 0 amide bonds. The molecular formula is C16H24BrNO. The number of allylic oxidation sites excluding steroid dienone is 1. The maximum atomic E-state index is 6.07. The molecule has 0 aliphatic carbocycles. The second kappa shape index (κ2) is 7.71. The first-order valence-corrected chi connectivity index (χ1v) is 7.54. The monoisotopic (exact) mass is 325 g/mol. The van der Waals surface area contributed by atoms with Gasteiger partial charge in [-0.2, -0.15) is 0 Å². The van der Waals surface area contributed by atoms with Crippen molar-refractivity contribution >= 4 is 15.9 Å². The van der Waals surface area contributed by atoms with Crippen LogP contribution < -0.4 is 10.5 Å². The van der Waals surface area contributed by atoms with Gasteiger partial charge in [0.25, 0.3) is 0 Å². The number of hydrogen-bond donors (Lipinski definition) is 1. The zero-order valence-corrected chi connectivity index (χ0v) is 13.9. The molecule has 3 heteroatoms. The van der Waals surface area contributed by atoms with Crippen molar-refractivity contribution < 1.29 is 4.74 Å². The summed E-state index contributed by atoms with van der Waals surface area (Å²) in [6.45, 7) is 8.94. The highest BCUT2D eigenvalue weighted by Crippen LogP contribution is 2.29. The summed E-state index contributed by atoms with van der Waals surface area (Å²) in [5, 5.41) is 0. The fourth-order valence-electron chi connectivity index (χ4n) is 1.88. The largest absolute Gasteiger partial charge is 0.489 e. The van der Waals surface area contributed by atoms with Crippen molar-refractivity contribution in [3.8, 4) is 5.75 Å². The van der Waals surface area contributed by atoms with Gasteiger partial charge in [0, 0.05) is 10.5 Å². The van der Waals surface area contributed by atoms with Crippen LogP contribution in [0.25, 0.3) is 0 Å². The zero-order valence-electron chi connectivity index (χ0n) is 12.3. The molecule has 1 aromatic carbocycles. The number of benzene rings is 1. The van der Waals surface area contributed by atoms with Gasteiger partial charge in [0.2, 0.25) is 0 Å². The molecule has 106 valence electrons. The average molecular weight is 326 g/mol. The Morgan fingerprint density at radius 2 is 2.11 bits per heavy atom. The standard InChI is InChI=1S/C16H24BrNO/c1-5-15(18)10-13-9-14(17)8-12(4)16(13)19-7-6-11(2)3/h6,8-9,15H,5,7,10,18H2,1-4H3. The maximum absolute atomic E-state index is 6.07. The molecule has 0 spiro atoms. The van der Waals surface area contributed by atoms with Gasteiger partial charge in [0.1, 0.15) is 12.4 Å². The molecule has 1 rings (SSSR count). The zero-order chi connectivity index (χ0) is 14.4. The van der Waals surface area contributed by atoms with Gasteiger partial charge in [-0.25, -0.2) is 0 Å². The Labute approximate surface area is 125 Å². The Kier molecular flexibility index (Phi) is 6.59. The summed E-state index contributed by atoms with van der Waals surface area (Å²) < 4.78 is 7.01. The van der Waals surface area contributed by atoms with Gasteiger partial charge in [-0.15, -0.1) is 0 Å². The summed E-state index contributed by atoms with van der Waals surface area (Å²) in [4.78, 5) is 0. The third-order valence-corrected chi connectivity index (χ3v) is 3.50. The first-order chi connectivity index (χ1) is 8.93. The van der Waals surface area contributed by atoms with Crippen LogP contribution >= 0.6 is 15.9 Å². The highest BCUT2D eigenvalue weighted by molar-refractivity contribution is 9.10. The SMILES string of the molecule is CCC(N)Cc1cc(Br)cc(C)c1OCC=C(C)C. The fourth-order valence-corrected chi connectivity index (χ4v) is 2.50. The van der Waals surface area contributed by atoms with E-state index < -0.39 is 0 Å². The van der Waals surface area contributed by atoms with Crippen molar-refractivity contribution in [2.75, 3.05) is 6.61 Å². The third-order valence-electron chi connectivity index (χ3n) is 3.04. The second-order valence-corrected chi connectivity index (χ2v) is 6.09. The molecule has 0 radical (unpaired) electrons. The first kappa shape index (κ1) is 16.3. The van der Waals surface area contributed by atoms with Crippen molar-refractivity contribution in [1.29, 1.82) is 0 Å². The molecule has 0 aliphatic heterocycles. The molecule has 0 heterocycles. The van der Waals surface area contributed by atoms with Gasteiger partial charge in [0.05, 0.1) is 0 Å². The number of halogens is 1. The topological polar surface area (TPSA) is 35.2 Å². The highest BCUT2D eigenvalue weighted by Gasteiger charge is 2.11. The van der Waals surface area contributed by atoms with E-state index in [0.29, 0.717) is 6.61 Å². The smallest absolute Gasteiger partial charge is 0.126 e. The Hall–Kier alpha value is -0.800. The summed E-state index contributed by atoms with van der Waals surface area (Å²) in [7, 11) is 0. The molecule has 0 aromatic heterocycles. The molecule has 1 aromatic rings. The predicted molar refractivity (Wildman–Crippen MR) is 85.8 cm³/mol. The Morgan fingerprint density at radius 3 is 2.68 bits per heavy atom. The lowest BCUT2D eigenvalue weighted by molar-refractivity contribution is 0.354. The van der Waals surface area contributed by atoms with Gasteiger partial charge in [-0.3, -0.25) is 0 Å². The Balaban J connectivity index is 2.95. The minimum absolute atomic E-state index is 0.180. The van der Waals surface area contributed by atoms with E-state index in [1.165, 1.54) is 11.1 Å². The molecule has 2 nitrogen and oxygen atoms in total. The van der Waals surface area contributed by atoms with E-state index >= 15 is 0 Å². The van der Waals surface area contributed by atoms with Crippen LogP contribution in [-0.2, 0) is 6.42 Å². The summed E-state index contributed by atoms with van der Waals surface area (Å²) in [5.41, 5.74) is 9.67. The summed E-state index contributed by atoms with van der Waals surface area (Å²) in [5.74, 6) is 0.976. The molecule has 0 aliphatic rings. The normalized spacial score (nSPS) is 12.1. The van der Waals surface area contributed by atoms with E-state index in [9.17, 15) is 0 Å². The quantitative estimate of drug-likeness (QED) is 0.787. The average Bonchev–Trinajstić information content (AvgIpc) is 2.31. The van der Waals surface area contributed by atoms with Crippen LogP contribution in [0.4, 0.5) is 0 Å². The molecule has 0 saturated heterocycles. The summed E-state index contributed by atoms with van der Waals surface area (Å²) in [6.07, 6.45) is 3.91. The van der Waals surface area contributed by atoms with E-state index in [1.54, 1.807) is 0 Å².